The van der Waals surface area contributed by atoms with Gasteiger partial charge in [-0.2, -0.15) is 22.7 Å². The molecule has 2 radical (unpaired) electrons. The molecular weight excluding hydrogens is 1550 g/mol. The van der Waals surface area contributed by atoms with Crippen LogP contribution >= 0.6 is 22.7 Å². The summed E-state index contributed by atoms with van der Waals surface area (Å²) < 4.78 is 2.42. The van der Waals surface area contributed by atoms with Crippen molar-refractivity contribution < 1.29 is 60.0 Å². The number of benzene rings is 14. The standard InChI is InChI=1S/2C25H14NS.C23H14N.C5H10O2.C5H8O2.2Ir/c2*1-2-9-19-17(7-1)18-8-3-4-10-20(18)22-15-16(13-14-21(19)22)25-26-23-11-5-6-12-24(23)27-25;1-2-9-19-17(7-1)18-8-3-4-10-20(18)22-15-16(12-13-21(19)22)23-11-5-6-14-24-23;2*1-4(6)3-5(2)7;;/h2*1-12,14-15H;1-11,13-15H;4,6H,3H2,1-2H3;3,6H,1-2H3;;/q3*-1;;;;/p+2. The number of hydrogen-bond acceptors (Lipinski definition) is 7. The maximum atomic E-state index is 8.54. The Labute approximate surface area is 579 Å². The van der Waals surface area contributed by atoms with Crippen molar-refractivity contribution in [3.8, 4) is 32.4 Å². The van der Waals surface area contributed by atoms with Crippen molar-refractivity contribution in [1.82, 2.24) is 15.0 Å². The number of aliphatic hydroxyl groups is 2. The van der Waals surface area contributed by atoms with E-state index in [0.717, 1.165) is 43.4 Å². The summed E-state index contributed by atoms with van der Waals surface area (Å²) in [6, 6.07) is 97.9. The van der Waals surface area contributed by atoms with Crippen LogP contribution in [0.1, 0.15) is 34.1 Å². The maximum Gasteiger partial charge on any atom is 0.316 e. The average molecular weight is 1610 g/mol. The summed E-state index contributed by atoms with van der Waals surface area (Å²) in [5, 5.41) is 41.9. The SMILES string of the molecule is CC(=[OH+])C=C(C)O.CC(=[OH+])CC(C)O.[Ir].[Ir].[c-]1cc2c3ccccc3c3ccccc3c2cc1-c1ccccn1.[c-]1cc2c3ccccc3c3ccccc3c2cc1-c1nc2ccccc2s1.[c-]1cc2c3ccccc3c3ccccc3c2cc1-c1nc2ccccc2s1. The van der Waals surface area contributed by atoms with E-state index < -0.39 is 6.10 Å². The summed E-state index contributed by atoms with van der Waals surface area (Å²) in [5.74, 6) is 0.537. The number of nitrogens with zero attached hydrogens (tertiary/aromatic N) is 3. The second kappa shape index (κ2) is 29.6. The Balaban J connectivity index is 0.000000129. The van der Waals surface area contributed by atoms with Gasteiger partial charge in [-0.15, -0.1) is 71.3 Å². The topological polar surface area (TPSA) is 122 Å². The van der Waals surface area contributed by atoms with E-state index in [1.165, 1.54) is 126 Å². The van der Waals surface area contributed by atoms with Gasteiger partial charge in [0.2, 0.25) is 0 Å². The molecule has 17 aromatic rings. The molecule has 1 atom stereocenters. The van der Waals surface area contributed by atoms with Gasteiger partial charge in [0.05, 0.1) is 42.3 Å². The van der Waals surface area contributed by atoms with Gasteiger partial charge >= 0.3 is 5.78 Å². The number of hydrogen-bond donors (Lipinski definition) is 2. The second-order valence-electron chi connectivity index (χ2n) is 22.7. The summed E-state index contributed by atoms with van der Waals surface area (Å²) in [6.45, 7) is 6.21. The third-order valence-electron chi connectivity index (χ3n) is 16.0. The quantitative estimate of drug-likeness (QED) is 0.0565. The molecule has 3 aromatic heterocycles. The average Bonchev–Trinajstić information content (AvgIpc) is 0.772. The number of fused-ring (bicyclic) bond motifs is 20. The van der Waals surface area contributed by atoms with E-state index in [0.29, 0.717) is 6.42 Å². The number of carbonyl (C=O) groups excluding carboxylic acids is 2. The molecule has 0 saturated carbocycles. The Morgan fingerprint density at radius 3 is 0.989 bits per heavy atom. The van der Waals surface area contributed by atoms with Crippen LogP contribution in [0.3, 0.4) is 0 Å². The fourth-order valence-corrected chi connectivity index (χ4v) is 14.0. The first-order chi connectivity index (χ1) is 44.9. The van der Waals surface area contributed by atoms with Gasteiger partial charge in [-0.3, -0.25) is 19.6 Å². The van der Waals surface area contributed by atoms with E-state index in [4.69, 9.17) is 29.8 Å². The minimum Gasteiger partial charge on any atom is -0.512 e. The normalized spacial score (nSPS) is 11.5. The number of para-hydroxylation sites is 2. The summed E-state index contributed by atoms with van der Waals surface area (Å²) in [7, 11) is 0. The smallest absolute Gasteiger partial charge is 0.316 e. The fraction of sp³-hybridized carbons (Fsp3) is 0.0723. The van der Waals surface area contributed by atoms with E-state index in [1.54, 1.807) is 36.5 Å². The van der Waals surface area contributed by atoms with Gasteiger partial charge in [0, 0.05) is 72.7 Å². The van der Waals surface area contributed by atoms with Crippen molar-refractivity contribution >= 4 is 152 Å². The van der Waals surface area contributed by atoms with Gasteiger partial charge in [-0.05, 0) is 98.3 Å². The number of aliphatic hydroxyl groups excluding tert-OH is 2. The second-order valence-corrected chi connectivity index (χ2v) is 24.8. The van der Waals surface area contributed by atoms with Crippen LogP contribution in [0.15, 0.2) is 267 Å². The molecule has 11 heteroatoms. The minimum atomic E-state index is -0.412. The number of aromatic nitrogens is 3. The molecule has 7 nitrogen and oxygen atoms in total. The number of rotatable bonds is 6. The van der Waals surface area contributed by atoms with Gasteiger partial charge in [-0.25, -0.2) is 0 Å². The molecule has 464 valence electrons. The van der Waals surface area contributed by atoms with Gasteiger partial charge in [0.15, 0.2) is 0 Å². The summed E-state index contributed by atoms with van der Waals surface area (Å²) in [4.78, 5) is 31.0. The zero-order chi connectivity index (χ0) is 63.2. The predicted octanol–water partition coefficient (Wildman–Crippen LogP) is 21.8. The van der Waals surface area contributed by atoms with Crippen molar-refractivity contribution in [3.63, 3.8) is 0 Å². The molecule has 0 amide bonds. The largest absolute Gasteiger partial charge is 0.512 e. The molecule has 14 aromatic carbocycles. The third-order valence-corrected chi connectivity index (χ3v) is 18.2. The van der Waals surface area contributed by atoms with Gasteiger partial charge < -0.3 is 15.2 Å². The monoisotopic (exact) mass is 1610 g/mol. The van der Waals surface area contributed by atoms with Crippen LogP contribution in [0.25, 0.3) is 150 Å². The Kier molecular flexibility index (Phi) is 20.8. The van der Waals surface area contributed by atoms with Gasteiger partial charge in [0.25, 0.3) is 5.78 Å². The molecule has 0 bridgehead atoms. The van der Waals surface area contributed by atoms with Crippen LogP contribution in [0.5, 0.6) is 0 Å². The first-order valence-corrected chi connectivity index (χ1v) is 32.0. The van der Waals surface area contributed by atoms with Crippen molar-refractivity contribution in [1.29, 1.82) is 0 Å². The van der Waals surface area contributed by atoms with E-state index in [-0.39, 0.29) is 57.5 Å². The van der Waals surface area contributed by atoms with Crippen LogP contribution in [0.4, 0.5) is 0 Å². The predicted molar refractivity (Wildman–Crippen MR) is 392 cm³/mol. The molecule has 94 heavy (non-hydrogen) atoms. The van der Waals surface area contributed by atoms with E-state index in [2.05, 4.69) is 242 Å². The summed E-state index contributed by atoms with van der Waals surface area (Å²) in [6.07, 6.45) is 3.08. The first-order valence-electron chi connectivity index (χ1n) is 30.4. The molecule has 4 N–H and O–H groups in total. The Bertz CT molecular complexity index is 5260. The molecule has 17 rings (SSSR count). The zero-order valence-corrected chi connectivity index (χ0v) is 58.1. The zero-order valence-electron chi connectivity index (χ0n) is 51.7. The molecule has 0 fully saturated rings. The van der Waals surface area contributed by atoms with Crippen LogP contribution in [0, 0.1) is 18.2 Å². The summed E-state index contributed by atoms with van der Waals surface area (Å²) in [5.41, 5.74) is 6.21. The van der Waals surface area contributed by atoms with Gasteiger partial charge in [-0.1, -0.05) is 230 Å². The number of allylic oxidation sites excluding steroid dienone is 2. The molecule has 0 aliphatic heterocycles. The Morgan fingerprint density at radius 2 is 0.713 bits per heavy atom. The van der Waals surface area contributed by atoms with E-state index in [1.807, 2.05) is 36.5 Å². The van der Waals surface area contributed by atoms with E-state index in [9.17, 15) is 0 Å². The van der Waals surface area contributed by atoms with E-state index >= 15 is 0 Å². The van der Waals surface area contributed by atoms with Gasteiger partial charge in [0.1, 0.15) is 0 Å². The molecule has 1 unspecified atom stereocenters. The first kappa shape index (κ1) is 66.0. The number of ketones is 2. The molecular formula is C83H62Ir2N3O4S2-. The third kappa shape index (κ3) is 14.0. The Morgan fingerprint density at radius 1 is 0.415 bits per heavy atom. The van der Waals surface area contributed by atoms with Crippen LogP contribution < -0.4 is 0 Å². The van der Waals surface area contributed by atoms with Crippen molar-refractivity contribution in [3.05, 3.63) is 285 Å². The minimum absolute atomic E-state index is 0. The van der Waals surface area contributed by atoms with Crippen molar-refractivity contribution in [2.75, 3.05) is 0 Å². The van der Waals surface area contributed by atoms with Crippen molar-refractivity contribution in [2.45, 2.75) is 40.2 Å². The van der Waals surface area contributed by atoms with Crippen LogP contribution in [0.2, 0.25) is 0 Å². The molecule has 0 saturated heterocycles. The maximum absolute atomic E-state index is 8.54. The van der Waals surface area contributed by atoms with Crippen LogP contribution in [-0.4, -0.2) is 52.4 Å². The molecule has 0 spiro atoms. The van der Waals surface area contributed by atoms with Crippen LogP contribution in [-0.2, 0) is 40.2 Å². The Hall–Kier alpha value is -9.51. The van der Waals surface area contributed by atoms with Crippen molar-refractivity contribution in [2.24, 2.45) is 0 Å². The number of thiazole rings is 2. The molecule has 0 aliphatic rings. The molecule has 0 aliphatic carbocycles. The fourth-order valence-electron chi connectivity index (χ4n) is 12.1. The molecule has 3 heterocycles. The summed E-state index contributed by atoms with van der Waals surface area (Å²) >= 11 is 3.45. The number of pyridine rings is 1.